The average Bonchev–Trinajstić information content (AvgIpc) is 2.44. The van der Waals surface area contributed by atoms with Gasteiger partial charge in [-0.3, -0.25) is 4.79 Å². The molecule has 3 nitrogen and oxygen atoms in total. The zero-order chi connectivity index (χ0) is 16.3. The van der Waals surface area contributed by atoms with Crippen LogP contribution >= 0.6 is 0 Å². The highest BCUT2D eigenvalue weighted by molar-refractivity contribution is 5.97. The van der Waals surface area contributed by atoms with E-state index in [1.54, 1.807) is 12.1 Å². The molecule has 1 unspecified atom stereocenters. The zero-order valence-electron chi connectivity index (χ0n) is 13.0. The van der Waals surface area contributed by atoms with Crippen LogP contribution in [0.2, 0.25) is 0 Å². The second-order valence-electron chi connectivity index (χ2n) is 5.52. The van der Waals surface area contributed by atoms with E-state index >= 15 is 0 Å². The Morgan fingerprint density at radius 3 is 2.36 bits per heavy atom. The number of aliphatic hydroxyl groups excluding tert-OH is 1. The normalized spacial score (nSPS) is 12.0. The van der Waals surface area contributed by atoms with Crippen LogP contribution in [0, 0.1) is 26.6 Å². The summed E-state index contributed by atoms with van der Waals surface area (Å²) < 4.78 is 13.6. The Balaban J connectivity index is 2.09. The number of halogens is 1. The van der Waals surface area contributed by atoms with E-state index in [1.807, 2.05) is 32.9 Å². The predicted octanol–water partition coefficient (Wildman–Crippen LogP) is 3.21. The van der Waals surface area contributed by atoms with Crippen molar-refractivity contribution >= 4 is 5.91 Å². The number of hydrogen-bond acceptors (Lipinski definition) is 2. The van der Waals surface area contributed by atoms with Crippen molar-refractivity contribution < 1.29 is 14.3 Å². The summed E-state index contributed by atoms with van der Waals surface area (Å²) in [5.74, 6) is -0.739. The molecule has 22 heavy (non-hydrogen) atoms. The maximum atomic E-state index is 13.6. The van der Waals surface area contributed by atoms with Gasteiger partial charge in [0.25, 0.3) is 5.91 Å². The molecule has 2 aromatic rings. The lowest BCUT2D eigenvalue weighted by atomic mass is 9.99. The standard InChI is InChI=1S/C18H20FNO2/c1-11-8-12(2)17(13(3)9-11)18(22)20-10-16(21)14-6-4-5-7-15(14)19/h4-9,16,21H,10H2,1-3H3,(H,20,22). The van der Waals surface area contributed by atoms with Gasteiger partial charge in [0, 0.05) is 17.7 Å². The minimum absolute atomic E-state index is 0.0352. The zero-order valence-corrected chi connectivity index (χ0v) is 13.0. The molecule has 0 aromatic heterocycles. The number of benzene rings is 2. The first-order valence-electron chi connectivity index (χ1n) is 7.18. The van der Waals surface area contributed by atoms with Gasteiger partial charge >= 0.3 is 0 Å². The summed E-state index contributed by atoms with van der Waals surface area (Å²) in [4.78, 5) is 12.3. The summed E-state index contributed by atoms with van der Waals surface area (Å²) in [6, 6.07) is 9.88. The smallest absolute Gasteiger partial charge is 0.251 e. The van der Waals surface area contributed by atoms with Gasteiger partial charge in [0.1, 0.15) is 5.82 Å². The molecule has 0 spiro atoms. The third kappa shape index (κ3) is 3.52. The van der Waals surface area contributed by atoms with E-state index in [0.717, 1.165) is 16.7 Å². The molecule has 0 saturated heterocycles. The fraction of sp³-hybridized carbons (Fsp3) is 0.278. The van der Waals surface area contributed by atoms with Crippen LogP contribution in [0.1, 0.15) is 38.7 Å². The van der Waals surface area contributed by atoms with Crippen molar-refractivity contribution in [1.82, 2.24) is 5.32 Å². The molecule has 0 radical (unpaired) electrons. The second kappa shape index (κ2) is 6.71. The van der Waals surface area contributed by atoms with E-state index in [9.17, 15) is 14.3 Å². The summed E-state index contributed by atoms with van der Waals surface area (Å²) in [5, 5.41) is 12.7. The average molecular weight is 301 g/mol. The number of aryl methyl sites for hydroxylation is 3. The number of amides is 1. The topological polar surface area (TPSA) is 49.3 Å². The number of nitrogens with one attached hydrogen (secondary N) is 1. The first-order chi connectivity index (χ1) is 10.4. The first-order valence-corrected chi connectivity index (χ1v) is 7.18. The molecule has 0 saturated carbocycles. The molecular weight excluding hydrogens is 281 g/mol. The SMILES string of the molecule is Cc1cc(C)c(C(=O)NCC(O)c2ccccc2F)c(C)c1. The van der Waals surface area contributed by atoms with Gasteiger partial charge in [0.15, 0.2) is 0 Å². The van der Waals surface area contributed by atoms with Gasteiger partial charge in [-0.05, 0) is 38.0 Å². The molecule has 0 heterocycles. The predicted molar refractivity (Wildman–Crippen MR) is 84.3 cm³/mol. The summed E-state index contributed by atoms with van der Waals surface area (Å²) in [5.41, 5.74) is 3.65. The number of rotatable bonds is 4. The van der Waals surface area contributed by atoms with Crippen LogP contribution < -0.4 is 5.32 Å². The minimum Gasteiger partial charge on any atom is -0.386 e. The van der Waals surface area contributed by atoms with E-state index in [1.165, 1.54) is 12.1 Å². The van der Waals surface area contributed by atoms with Gasteiger partial charge in [-0.1, -0.05) is 35.9 Å². The summed E-state index contributed by atoms with van der Waals surface area (Å²) in [7, 11) is 0. The van der Waals surface area contributed by atoms with E-state index in [2.05, 4.69) is 5.32 Å². The van der Waals surface area contributed by atoms with E-state index < -0.39 is 11.9 Å². The largest absolute Gasteiger partial charge is 0.386 e. The van der Waals surface area contributed by atoms with Crippen molar-refractivity contribution in [2.75, 3.05) is 6.54 Å². The molecule has 0 bridgehead atoms. The van der Waals surface area contributed by atoms with E-state index in [0.29, 0.717) is 5.56 Å². The molecule has 2 rings (SSSR count). The van der Waals surface area contributed by atoms with Crippen molar-refractivity contribution in [2.45, 2.75) is 26.9 Å². The van der Waals surface area contributed by atoms with E-state index in [4.69, 9.17) is 0 Å². The third-order valence-electron chi connectivity index (χ3n) is 3.62. The fourth-order valence-electron chi connectivity index (χ4n) is 2.67. The molecule has 0 aliphatic heterocycles. The fourth-order valence-corrected chi connectivity index (χ4v) is 2.67. The van der Waals surface area contributed by atoms with Crippen molar-refractivity contribution in [3.05, 3.63) is 70.0 Å². The summed E-state index contributed by atoms with van der Waals surface area (Å²) >= 11 is 0. The maximum Gasteiger partial charge on any atom is 0.251 e. The molecular formula is C18H20FNO2. The highest BCUT2D eigenvalue weighted by atomic mass is 19.1. The Bertz CT molecular complexity index is 674. The molecule has 0 aliphatic rings. The van der Waals surface area contributed by atoms with Gasteiger partial charge in [0.05, 0.1) is 6.10 Å². The van der Waals surface area contributed by atoms with Crippen LogP contribution in [0.25, 0.3) is 0 Å². The van der Waals surface area contributed by atoms with Crippen LogP contribution in [0.15, 0.2) is 36.4 Å². The van der Waals surface area contributed by atoms with Crippen LogP contribution in [-0.4, -0.2) is 17.6 Å². The van der Waals surface area contributed by atoms with Gasteiger partial charge in [-0.2, -0.15) is 0 Å². The first kappa shape index (κ1) is 16.2. The number of carbonyl (C=O) groups is 1. The van der Waals surface area contributed by atoms with Crippen LogP contribution in [0.5, 0.6) is 0 Å². The lowest BCUT2D eigenvalue weighted by Gasteiger charge is -2.15. The van der Waals surface area contributed by atoms with Crippen molar-refractivity contribution in [1.29, 1.82) is 0 Å². The quantitative estimate of drug-likeness (QED) is 0.911. The van der Waals surface area contributed by atoms with Crippen molar-refractivity contribution in [2.24, 2.45) is 0 Å². The molecule has 116 valence electrons. The van der Waals surface area contributed by atoms with E-state index in [-0.39, 0.29) is 18.0 Å². The summed E-state index contributed by atoms with van der Waals surface area (Å²) in [6.45, 7) is 5.69. The highest BCUT2D eigenvalue weighted by Gasteiger charge is 2.16. The number of aliphatic hydroxyl groups is 1. The Kier molecular flexibility index (Phi) is 4.93. The number of hydrogen-bond donors (Lipinski definition) is 2. The summed E-state index contributed by atoms with van der Waals surface area (Å²) in [6.07, 6.45) is -1.07. The molecule has 1 amide bonds. The lowest BCUT2D eigenvalue weighted by Crippen LogP contribution is -2.29. The van der Waals surface area contributed by atoms with Crippen molar-refractivity contribution in [3.63, 3.8) is 0 Å². The molecule has 0 aliphatic carbocycles. The molecule has 0 fully saturated rings. The minimum atomic E-state index is -1.07. The number of carbonyl (C=O) groups excluding carboxylic acids is 1. The van der Waals surface area contributed by atoms with Crippen LogP contribution in [-0.2, 0) is 0 Å². The third-order valence-corrected chi connectivity index (χ3v) is 3.62. The molecule has 2 aromatic carbocycles. The Morgan fingerprint density at radius 1 is 1.18 bits per heavy atom. The van der Waals surface area contributed by atoms with Gasteiger partial charge < -0.3 is 10.4 Å². The Labute approximate surface area is 129 Å². The lowest BCUT2D eigenvalue weighted by molar-refractivity contribution is 0.0913. The van der Waals surface area contributed by atoms with Crippen LogP contribution in [0.3, 0.4) is 0 Å². The second-order valence-corrected chi connectivity index (χ2v) is 5.52. The molecule has 1 atom stereocenters. The van der Waals surface area contributed by atoms with Crippen LogP contribution in [0.4, 0.5) is 4.39 Å². The molecule has 2 N–H and O–H groups in total. The maximum absolute atomic E-state index is 13.6. The van der Waals surface area contributed by atoms with Crippen molar-refractivity contribution in [3.8, 4) is 0 Å². The van der Waals surface area contributed by atoms with Gasteiger partial charge in [-0.25, -0.2) is 4.39 Å². The van der Waals surface area contributed by atoms with Gasteiger partial charge in [-0.15, -0.1) is 0 Å². The molecule has 4 heteroatoms. The monoisotopic (exact) mass is 301 g/mol. The van der Waals surface area contributed by atoms with Gasteiger partial charge in [0.2, 0.25) is 0 Å². The Morgan fingerprint density at radius 2 is 1.77 bits per heavy atom. The Hall–Kier alpha value is -2.20. The highest BCUT2D eigenvalue weighted by Crippen LogP contribution is 2.18.